The molecule has 1 N–H and O–H groups in total. The minimum atomic E-state index is -0.515. The van der Waals surface area contributed by atoms with Crippen molar-refractivity contribution in [2.24, 2.45) is 0 Å². The van der Waals surface area contributed by atoms with Gasteiger partial charge in [-0.3, -0.25) is 4.79 Å². The Morgan fingerprint density at radius 3 is 2.67 bits per heavy atom. The molecule has 1 amide bonds. The molecule has 0 saturated carbocycles. The number of hydrogen-bond acceptors (Lipinski definition) is 2. The Morgan fingerprint density at radius 2 is 2.00 bits per heavy atom. The van der Waals surface area contributed by atoms with Gasteiger partial charge in [0.15, 0.2) is 6.10 Å². The molecule has 0 saturated heterocycles. The monoisotopic (exact) mass is 347 g/mol. The summed E-state index contributed by atoms with van der Waals surface area (Å²) < 4.78 is 6.64. The van der Waals surface area contributed by atoms with Crippen molar-refractivity contribution in [3.63, 3.8) is 0 Å². The first-order valence-electron chi connectivity index (χ1n) is 6.89. The van der Waals surface area contributed by atoms with Crippen LogP contribution in [0.15, 0.2) is 53.0 Å². The highest BCUT2D eigenvalue weighted by atomic mass is 79.9. The van der Waals surface area contributed by atoms with E-state index in [1.165, 1.54) is 0 Å². The molecule has 0 radical (unpaired) electrons. The number of para-hydroxylation sites is 1. The van der Waals surface area contributed by atoms with E-state index in [4.69, 9.17) is 4.74 Å². The fourth-order valence-corrected chi connectivity index (χ4v) is 2.33. The van der Waals surface area contributed by atoms with E-state index >= 15 is 0 Å². The molecule has 110 valence electrons. The molecule has 2 aromatic carbocycles. The van der Waals surface area contributed by atoms with E-state index in [9.17, 15) is 4.79 Å². The molecule has 0 aliphatic heterocycles. The van der Waals surface area contributed by atoms with Gasteiger partial charge in [0.2, 0.25) is 0 Å². The Labute approximate surface area is 133 Å². The van der Waals surface area contributed by atoms with Crippen LogP contribution in [0.25, 0.3) is 0 Å². The molecule has 0 aliphatic carbocycles. The van der Waals surface area contributed by atoms with Crippen LogP contribution in [0.2, 0.25) is 0 Å². The van der Waals surface area contributed by atoms with Gasteiger partial charge in [-0.25, -0.2) is 0 Å². The van der Waals surface area contributed by atoms with Crippen LogP contribution in [0, 0.1) is 6.92 Å². The first-order valence-corrected chi connectivity index (χ1v) is 7.68. The number of carbonyl (C=O) groups is 1. The highest BCUT2D eigenvalue weighted by Crippen LogP contribution is 2.22. The molecule has 3 nitrogen and oxygen atoms in total. The van der Waals surface area contributed by atoms with Gasteiger partial charge in [0, 0.05) is 4.47 Å². The molecule has 0 bridgehead atoms. The van der Waals surface area contributed by atoms with Gasteiger partial charge in [-0.15, -0.1) is 0 Å². The van der Waals surface area contributed by atoms with Gasteiger partial charge in [0.05, 0.1) is 5.69 Å². The summed E-state index contributed by atoms with van der Waals surface area (Å²) in [5.74, 6) is 0.565. The van der Waals surface area contributed by atoms with E-state index in [1.54, 1.807) is 0 Å². The summed E-state index contributed by atoms with van der Waals surface area (Å²) in [4.78, 5) is 12.3. The minimum absolute atomic E-state index is 0.147. The average molecular weight is 348 g/mol. The highest BCUT2D eigenvalue weighted by molar-refractivity contribution is 9.10. The molecule has 0 unspecified atom stereocenters. The Kier molecular flexibility index (Phi) is 5.39. The Hall–Kier alpha value is -1.81. The number of rotatable bonds is 5. The lowest BCUT2D eigenvalue weighted by Crippen LogP contribution is -2.32. The van der Waals surface area contributed by atoms with E-state index in [0.29, 0.717) is 12.2 Å². The van der Waals surface area contributed by atoms with Gasteiger partial charge < -0.3 is 10.1 Å². The van der Waals surface area contributed by atoms with Crippen LogP contribution in [-0.2, 0) is 4.79 Å². The van der Waals surface area contributed by atoms with Crippen molar-refractivity contribution < 1.29 is 9.53 Å². The van der Waals surface area contributed by atoms with E-state index in [1.807, 2.05) is 62.4 Å². The number of ether oxygens (including phenoxy) is 1. The first kappa shape index (κ1) is 15.6. The van der Waals surface area contributed by atoms with Crippen molar-refractivity contribution in [2.45, 2.75) is 26.4 Å². The summed E-state index contributed by atoms with van der Waals surface area (Å²) >= 11 is 3.42. The standard InChI is InChI=1S/C17H18BrNO2/c1-3-16(21-13-8-6-7-12(2)11-13)17(20)19-15-10-5-4-9-14(15)18/h4-11,16H,3H2,1-2H3,(H,19,20)/t16-/m1/s1. The van der Waals surface area contributed by atoms with Gasteiger partial charge in [-0.2, -0.15) is 0 Å². The zero-order valence-corrected chi connectivity index (χ0v) is 13.7. The Morgan fingerprint density at radius 1 is 1.24 bits per heavy atom. The van der Waals surface area contributed by atoms with Crippen molar-refractivity contribution in [3.8, 4) is 5.75 Å². The van der Waals surface area contributed by atoms with Gasteiger partial charge in [0.25, 0.3) is 5.91 Å². The SMILES string of the molecule is CC[C@@H](Oc1cccc(C)c1)C(=O)Nc1ccccc1Br. The topological polar surface area (TPSA) is 38.3 Å². The average Bonchev–Trinajstić information content (AvgIpc) is 2.47. The largest absolute Gasteiger partial charge is 0.481 e. The fraction of sp³-hybridized carbons (Fsp3) is 0.235. The molecule has 0 aliphatic rings. The number of aryl methyl sites for hydroxylation is 1. The summed E-state index contributed by atoms with van der Waals surface area (Å²) in [5.41, 5.74) is 1.85. The second kappa shape index (κ2) is 7.27. The first-order chi connectivity index (χ1) is 10.1. The zero-order chi connectivity index (χ0) is 15.2. The number of carbonyl (C=O) groups excluding carboxylic acids is 1. The number of hydrogen-bond donors (Lipinski definition) is 1. The van der Waals surface area contributed by atoms with Crippen molar-refractivity contribution in [1.82, 2.24) is 0 Å². The second-order valence-electron chi connectivity index (χ2n) is 4.80. The number of benzene rings is 2. The van der Waals surface area contributed by atoms with Crippen LogP contribution in [0.5, 0.6) is 5.75 Å². The fourth-order valence-electron chi connectivity index (χ4n) is 1.95. The molecule has 0 aromatic heterocycles. The lowest BCUT2D eigenvalue weighted by Gasteiger charge is -2.18. The minimum Gasteiger partial charge on any atom is -0.481 e. The molecule has 21 heavy (non-hydrogen) atoms. The van der Waals surface area contributed by atoms with Gasteiger partial charge in [-0.05, 0) is 59.1 Å². The van der Waals surface area contributed by atoms with Gasteiger partial charge in [-0.1, -0.05) is 31.2 Å². The third-order valence-corrected chi connectivity index (χ3v) is 3.75. The van der Waals surface area contributed by atoms with Crippen LogP contribution in [-0.4, -0.2) is 12.0 Å². The summed E-state index contributed by atoms with van der Waals surface area (Å²) in [6, 6.07) is 15.2. The molecule has 0 heterocycles. The third kappa shape index (κ3) is 4.33. The molecule has 0 spiro atoms. The summed E-state index contributed by atoms with van der Waals surface area (Å²) in [6.07, 6.45) is 0.0865. The van der Waals surface area contributed by atoms with Crippen LogP contribution in [0.1, 0.15) is 18.9 Å². The molecule has 2 rings (SSSR count). The number of halogens is 1. The van der Waals surface area contributed by atoms with E-state index in [-0.39, 0.29) is 5.91 Å². The van der Waals surface area contributed by atoms with Crippen LogP contribution in [0.3, 0.4) is 0 Å². The molecular weight excluding hydrogens is 330 g/mol. The summed E-state index contributed by atoms with van der Waals surface area (Å²) in [7, 11) is 0. The molecule has 0 fully saturated rings. The Balaban J connectivity index is 2.07. The smallest absolute Gasteiger partial charge is 0.265 e. The van der Waals surface area contributed by atoms with E-state index < -0.39 is 6.10 Å². The van der Waals surface area contributed by atoms with Crippen molar-refractivity contribution in [3.05, 3.63) is 58.6 Å². The molecule has 2 aromatic rings. The zero-order valence-electron chi connectivity index (χ0n) is 12.1. The number of amides is 1. The lowest BCUT2D eigenvalue weighted by atomic mass is 10.2. The Bertz CT molecular complexity index is 628. The van der Waals surface area contributed by atoms with Crippen LogP contribution < -0.4 is 10.1 Å². The summed E-state index contributed by atoms with van der Waals surface area (Å²) in [6.45, 7) is 3.93. The maximum absolute atomic E-state index is 12.3. The van der Waals surface area contributed by atoms with Gasteiger partial charge in [0.1, 0.15) is 5.75 Å². The maximum Gasteiger partial charge on any atom is 0.265 e. The lowest BCUT2D eigenvalue weighted by molar-refractivity contribution is -0.122. The van der Waals surface area contributed by atoms with Crippen molar-refractivity contribution in [2.75, 3.05) is 5.32 Å². The van der Waals surface area contributed by atoms with Crippen LogP contribution >= 0.6 is 15.9 Å². The third-order valence-electron chi connectivity index (χ3n) is 3.06. The highest BCUT2D eigenvalue weighted by Gasteiger charge is 2.19. The molecule has 1 atom stereocenters. The predicted molar refractivity (Wildman–Crippen MR) is 88.7 cm³/mol. The molecular formula is C17H18BrNO2. The maximum atomic E-state index is 12.3. The van der Waals surface area contributed by atoms with E-state index in [0.717, 1.165) is 15.7 Å². The van der Waals surface area contributed by atoms with Crippen LogP contribution in [0.4, 0.5) is 5.69 Å². The molecule has 4 heteroatoms. The van der Waals surface area contributed by atoms with Crippen molar-refractivity contribution >= 4 is 27.5 Å². The van der Waals surface area contributed by atoms with E-state index in [2.05, 4.69) is 21.2 Å². The van der Waals surface area contributed by atoms with Crippen molar-refractivity contribution in [1.29, 1.82) is 0 Å². The van der Waals surface area contributed by atoms with Gasteiger partial charge >= 0.3 is 0 Å². The predicted octanol–water partition coefficient (Wildman–Crippen LogP) is 4.55. The summed E-state index contributed by atoms with van der Waals surface area (Å²) in [5, 5.41) is 2.89. The second-order valence-corrected chi connectivity index (χ2v) is 5.65. The quantitative estimate of drug-likeness (QED) is 0.861. The normalized spacial score (nSPS) is 11.8. The number of anilines is 1. The number of nitrogens with one attached hydrogen (secondary N) is 1.